The van der Waals surface area contributed by atoms with Crippen LogP contribution in [-0.2, 0) is 0 Å². The Kier molecular flexibility index (Phi) is 4.93. The molecule has 0 saturated carbocycles. The number of hydrogen-bond acceptors (Lipinski definition) is 5. The number of rotatable bonds is 6. The summed E-state index contributed by atoms with van der Waals surface area (Å²) in [7, 11) is 0. The van der Waals surface area contributed by atoms with Crippen LogP contribution in [0.3, 0.4) is 0 Å². The Hall–Kier alpha value is -3.41. The number of fused-ring (bicyclic) bond motifs is 1. The second-order valence-electron chi connectivity index (χ2n) is 7.02. The van der Waals surface area contributed by atoms with Crippen molar-refractivity contribution in [2.45, 2.75) is 20.3 Å². The molecule has 0 fully saturated rings. The summed E-state index contributed by atoms with van der Waals surface area (Å²) in [6.07, 6.45) is 4.12. The molecule has 142 valence electrons. The molecule has 1 amide bonds. The maximum Gasteiger partial charge on any atom is 0.251 e. The van der Waals surface area contributed by atoms with Crippen molar-refractivity contribution in [2.75, 3.05) is 6.54 Å². The number of benzene rings is 1. The minimum Gasteiger partial charge on any atom is -0.463 e. The van der Waals surface area contributed by atoms with E-state index in [9.17, 15) is 4.79 Å². The molecular weight excluding hydrogens is 354 g/mol. The second kappa shape index (κ2) is 7.68. The van der Waals surface area contributed by atoms with Gasteiger partial charge in [-0.2, -0.15) is 0 Å². The van der Waals surface area contributed by atoms with E-state index in [1.54, 1.807) is 42.9 Å². The third-order valence-electron chi connectivity index (χ3n) is 4.44. The second-order valence-corrected chi connectivity index (χ2v) is 7.02. The van der Waals surface area contributed by atoms with Crippen molar-refractivity contribution in [3.8, 4) is 22.9 Å². The summed E-state index contributed by atoms with van der Waals surface area (Å²) < 4.78 is 11.1. The number of nitrogens with one attached hydrogen (secondary N) is 1. The zero-order valence-electron chi connectivity index (χ0n) is 15.8. The molecule has 0 unspecified atom stereocenters. The minimum atomic E-state index is -0.112. The third-order valence-corrected chi connectivity index (χ3v) is 4.44. The van der Waals surface area contributed by atoms with Crippen LogP contribution in [-0.4, -0.2) is 22.4 Å². The summed E-state index contributed by atoms with van der Waals surface area (Å²) in [5.41, 5.74) is 3.03. The molecule has 4 rings (SSSR count). The lowest BCUT2D eigenvalue weighted by atomic mass is 10.1. The molecule has 3 heterocycles. The quantitative estimate of drug-likeness (QED) is 0.517. The van der Waals surface area contributed by atoms with E-state index in [-0.39, 0.29) is 5.91 Å². The van der Waals surface area contributed by atoms with Crippen LogP contribution in [0.4, 0.5) is 0 Å². The Morgan fingerprint density at radius 3 is 2.18 bits per heavy atom. The molecule has 0 bridgehead atoms. The molecule has 4 aromatic rings. The van der Waals surface area contributed by atoms with Crippen LogP contribution in [0.5, 0.6) is 0 Å². The van der Waals surface area contributed by atoms with Gasteiger partial charge < -0.3 is 14.2 Å². The van der Waals surface area contributed by atoms with Gasteiger partial charge in [0.2, 0.25) is 0 Å². The number of amides is 1. The van der Waals surface area contributed by atoms with Gasteiger partial charge in [-0.05, 0) is 54.8 Å². The molecule has 0 aliphatic rings. The van der Waals surface area contributed by atoms with E-state index in [1.807, 2.05) is 12.1 Å². The Balaban J connectivity index is 1.73. The van der Waals surface area contributed by atoms with Gasteiger partial charge >= 0.3 is 0 Å². The van der Waals surface area contributed by atoms with Crippen molar-refractivity contribution in [2.24, 2.45) is 5.92 Å². The largest absolute Gasteiger partial charge is 0.463 e. The lowest BCUT2D eigenvalue weighted by Crippen LogP contribution is -2.25. The van der Waals surface area contributed by atoms with Crippen LogP contribution in [0.25, 0.3) is 33.9 Å². The fourth-order valence-corrected chi connectivity index (χ4v) is 2.94. The molecule has 0 saturated heterocycles. The SMILES string of the molecule is CC(C)CCNC(=O)c1ccc2nc(-c3ccco3)c(-c3ccco3)nc2c1. The van der Waals surface area contributed by atoms with Crippen LogP contribution >= 0.6 is 0 Å². The lowest BCUT2D eigenvalue weighted by molar-refractivity contribution is 0.0952. The van der Waals surface area contributed by atoms with Crippen LogP contribution < -0.4 is 5.32 Å². The fraction of sp³-hybridized carbons (Fsp3) is 0.227. The lowest BCUT2D eigenvalue weighted by Gasteiger charge is -2.09. The van der Waals surface area contributed by atoms with Crippen molar-refractivity contribution >= 4 is 16.9 Å². The highest BCUT2D eigenvalue weighted by atomic mass is 16.3. The molecular formula is C22H21N3O3. The van der Waals surface area contributed by atoms with E-state index in [2.05, 4.69) is 19.2 Å². The molecule has 6 heteroatoms. The molecule has 0 aliphatic heterocycles. The molecule has 0 spiro atoms. The van der Waals surface area contributed by atoms with E-state index in [4.69, 9.17) is 18.8 Å². The fourth-order valence-electron chi connectivity index (χ4n) is 2.94. The summed E-state index contributed by atoms with van der Waals surface area (Å²) in [4.78, 5) is 21.9. The van der Waals surface area contributed by atoms with Gasteiger partial charge in [0.05, 0.1) is 23.6 Å². The van der Waals surface area contributed by atoms with E-state index in [0.717, 1.165) is 6.42 Å². The molecule has 0 radical (unpaired) electrons. The van der Waals surface area contributed by atoms with Gasteiger partial charge in [-0.3, -0.25) is 4.79 Å². The number of carbonyl (C=O) groups excluding carboxylic acids is 1. The summed E-state index contributed by atoms with van der Waals surface area (Å²) in [6.45, 7) is 4.91. The van der Waals surface area contributed by atoms with Crippen LogP contribution in [0.1, 0.15) is 30.6 Å². The highest BCUT2D eigenvalue weighted by Gasteiger charge is 2.18. The van der Waals surface area contributed by atoms with Crippen LogP contribution in [0.15, 0.2) is 63.8 Å². The monoisotopic (exact) mass is 375 g/mol. The Morgan fingerprint density at radius 2 is 1.61 bits per heavy atom. The van der Waals surface area contributed by atoms with Gasteiger partial charge in [0.25, 0.3) is 5.91 Å². The zero-order chi connectivity index (χ0) is 19.5. The summed E-state index contributed by atoms with van der Waals surface area (Å²) in [5, 5.41) is 2.95. The first-order valence-electron chi connectivity index (χ1n) is 9.29. The molecule has 3 aromatic heterocycles. The first kappa shape index (κ1) is 18.0. The predicted octanol–water partition coefficient (Wildman–Crippen LogP) is 4.93. The van der Waals surface area contributed by atoms with Crippen molar-refractivity contribution in [1.29, 1.82) is 0 Å². The maximum absolute atomic E-state index is 12.4. The van der Waals surface area contributed by atoms with Crippen molar-refractivity contribution in [1.82, 2.24) is 15.3 Å². The number of hydrogen-bond donors (Lipinski definition) is 1. The average Bonchev–Trinajstić information content (AvgIpc) is 3.40. The number of carbonyl (C=O) groups is 1. The molecule has 1 N–H and O–H groups in total. The molecule has 0 atom stereocenters. The minimum absolute atomic E-state index is 0.112. The Labute approximate surface area is 162 Å². The van der Waals surface area contributed by atoms with E-state index in [1.165, 1.54) is 0 Å². The first-order chi connectivity index (χ1) is 13.6. The Bertz CT molecular complexity index is 1080. The zero-order valence-corrected chi connectivity index (χ0v) is 15.8. The third kappa shape index (κ3) is 3.67. The molecule has 6 nitrogen and oxygen atoms in total. The van der Waals surface area contributed by atoms with Gasteiger partial charge in [0, 0.05) is 12.1 Å². The number of furan rings is 2. The highest BCUT2D eigenvalue weighted by Crippen LogP contribution is 2.31. The summed E-state index contributed by atoms with van der Waals surface area (Å²) >= 11 is 0. The van der Waals surface area contributed by atoms with Gasteiger partial charge in [0.1, 0.15) is 11.4 Å². The predicted molar refractivity (Wildman–Crippen MR) is 107 cm³/mol. The number of nitrogens with zero attached hydrogens (tertiary/aromatic N) is 2. The van der Waals surface area contributed by atoms with Gasteiger partial charge in [0.15, 0.2) is 11.5 Å². The topological polar surface area (TPSA) is 81.2 Å². The van der Waals surface area contributed by atoms with Crippen molar-refractivity contribution in [3.05, 3.63) is 60.6 Å². The van der Waals surface area contributed by atoms with Gasteiger partial charge in [-0.15, -0.1) is 0 Å². The van der Waals surface area contributed by atoms with E-state index < -0.39 is 0 Å². The van der Waals surface area contributed by atoms with Crippen LogP contribution in [0.2, 0.25) is 0 Å². The first-order valence-corrected chi connectivity index (χ1v) is 9.29. The van der Waals surface area contributed by atoms with Crippen molar-refractivity contribution < 1.29 is 13.6 Å². The molecule has 28 heavy (non-hydrogen) atoms. The van der Waals surface area contributed by atoms with Crippen molar-refractivity contribution in [3.63, 3.8) is 0 Å². The van der Waals surface area contributed by atoms with E-state index in [0.29, 0.717) is 52.0 Å². The average molecular weight is 375 g/mol. The standard InChI is InChI=1S/C22H21N3O3/c1-14(2)9-10-23-22(26)15-7-8-16-17(13-15)25-21(19-6-4-12-28-19)20(24-16)18-5-3-11-27-18/h3-8,11-14H,9-10H2,1-2H3,(H,23,26). The smallest absolute Gasteiger partial charge is 0.251 e. The van der Waals surface area contributed by atoms with E-state index >= 15 is 0 Å². The molecule has 1 aromatic carbocycles. The van der Waals surface area contributed by atoms with Gasteiger partial charge in [-0.1, -0.05) is 13.8 Å². The highest BCUT2D eigenvalue weighted by molar-refractivity contribution is 5.97. The van der Waals surface area contributed by atoms with Crippen LogP contribution in [0, 0.1) is 5.92 Å². The summed E-state index contributed by atoms with van der Waals surface area (Å²) in [6, 6.07) is 12.6. The number of aromatic nitrogens is 2. The normalized spacial score (nSPS) is 11.2. The molecule has 0 aliphatic carbocycles. The Morgan fingerprint density at radius 1 is 0.964 bits per heavy atom. The summed E-state index contributed by atoms with van der Waals surface area (Å²) in [5.74, 6) is 1.63. The maximum atomic E-state index is 12.4. The van der Waals surface area contributed by atoms with Gasteiger partial charge in [-0.25, -0.2) is 9.97 Å².